The minimum atomic E-state index is -0.795. The third-order valence-electron chi connectivity index (χ3n) is 1.85. The van der Waals surface area contributed by atoms with Crippen molar-refractivity contribution in [2.45, 2.75) is 6.92 Å². The zero-order valence-electron chi connectivity index (χ0n) is 9.20. The van der Waals surface area contributed by atoms with Crippen LogP contribution in [0.1, 0.15) is 6.92 Å². The van der Waals surface area contributed by atoms with Crippen molar-refractivity contribution in [3.63, 3.8) is 0 Å². The molecule has 0 radical (unpaired) electrons. The normalized spacial score (nSPS) is 12.2. The molecule has 0 aliphatic rings. The van der Waals surface area contributed by atoms with Crippen molar-refractivity contribution < 1.29 is 8.95 Å². The number of halogens is 1. The average molecular weight is 264 g/mol. The van der Waals surface area contributed by atoms with E-state index in [1.807, 2.05) is 6.92 Å². The highest BCUT2D eigenvalue weighted by molar-refractivity contribution is 7.84. The first-order valence-electron chi connectivity index (χ1n) is 4.82. The van der Waals surface area contributed by atoms with Gasteiger partial charge >= 0.3 is 6.01 Å². The second-order valence-electron chi connectivity index (χ2n) is 2.91. The minimum Gasteiger partial charge on any atom is -0.467 e. The lowest BCUT2D eigenvalue weighted by Gasteiger charge is -2.07. The zero-order chi connectivity index (χ0) is 12.0. The van der Waals surface area contributed by atoms with Gasteiger partial charge in [-0.3, -0.25) is 4.21 Å². The van der Waals surface area contributed by atoms with E-state index >= 15 is 0 Å². The van der Waals surface area contributed by atoms with Crippen LogP contribution in [0.2, 0.25) is 5.02 Å². The van der Waals surface area contributed by atoms with Crippen LogP contribution in [0.15, 0.2) is 6.20 Å². The number of rotatable bonds is 6. The van der Waals surface area contributed by atoms with Gasteiger partial charge in [-0.15, -0.1) is 0 Å². The van der Waals surface area contributed by atoms with E-state index in [-0.39, 0.29) is 6.01 Å². The molecule has 90 valence electrons. The highest BCUT2D eigenvalue weighted by atomic mass is 35.5. The summed E-state index contributed by atoms with van der Waals surface area (Å²) in [5.41, 5.74) is 0. The van der Waals surface area contributed by atoms with Crippen molar-refractivity contribution in [1.29, 1.82) is 0 Å². The topological polar surface area (TPSA) is 64.1 Å². The lowest BCUT2D eigenvalue weighted by atomic mass is 10.5. The molecule has 1 unspecified atom stereocenters. The number of anilines is 1. The summed E-state index contributed by atoms with van der Waals surface area (Å²) in [6, 6.07) is 0.253. The van der Waals surface area contributed by atoms with Crippen LogP contribution in [0.5, 0.6) is 6.01 Å². The Morgan fingerprint density at radius 3 is 3.00 bits per heavy atom. The standard InChI is InChI=1S/C9H14ClN3O2S/c1-3-16(14)5-4-11-8-7(10)6-12-9(13-8)15-2/h6H,3-5H2,1-2H3,(H,11,12,13). The highest BCUT2D eigenvalue weighted by Crippen LogP contribution is 2.19. The summed E-state index contributed by atoms with van der Waals surface area (Å²) in [7, 11) is 0.691. The summed E-state index contributed by atoms with van der Waals surface area (Å²) in [5.74, 6) is 1.73. The fourth-order valence-electron chi connectivity index (χ4n) is 1.00. The molecular formula is C9H14ClN3O2S. The predicted molar refractivity (Wildman–Crippen MR) is 65.6 cm³/mol. The molecule has 0 bridgehead atoms. The van der Waals surface area contributed by atoms with Crippen LogP contribution >= 0.6 is 11.6 Å². The maximum absolute atomic E-state index is 11.2. The smallest absolute Gasteiger partial charge is 0.318 e. The van der Waals surface area contributed by atoms with Crippen LogP contribution in [0.4, 0.5) is 5.82 Å². The summed E-state index contributed by atoms with van der Waals surface area (Å²) in [6.45, 7) is 2.44. The van der Waals surface area contributed by atoms with Crippen molar-refractivity contribution in [3.8, 4) is 6.01 Å². The largest absolute Gasteiger partial charge is 0.467 e. The van der Waals surface area contributed by atoms with Gasteiger partial charge in [0.2, 0.25) is 0 Å². The maximum atomic E-state index is 11.2. The van der Waals surface area contributed by atoms with Crippen LogP contribution in [0.3, 0.4) is 0 Å². The molecule has 1 aromatic rings. The number of hydrogen-bond donors (Lipinski definition) is 1. The number of aromatic nitrogens is 2. The molecule has 5 nitrogen and oxygen atoms in total. The lowest BCUT2D eigenvalue weighted by Crippen LogP contribution is -2.13. The predicted octanol–water partition coefficient (Wildman–Crippen LogP) is 1.32. The van der Waals surface area contributed by atoms with E-state index in [0.29, 0.717) is 28.9 Å². The van der Waals surface area contributed by atoms with Crippen molar-refractivity contribution in [2.24, 2.45) is 0 Å². The van der Waals surface area contributed by atoms with Gasteiger partial charge in [-0.25, -0.2) is 4.98 Å². The van der Waals surface area contributed by atoms with Crippen molar-refractivity contribution >= 4 is 28.2 Å². The molecule has 1 N–H and O–H groups in total. The van der Waals surface area contributed by atoms with Gasteiger partial charge in [-0.1, -0.05) is 18.5 Å². The van der Waals surface area contributed by atoms with E-state index in [0.717, 1.165) is 0 Å². The van der Waals surface area contributed by atoms with Gasteiger partial charge in [0.05, 0.1) is 13.3 Å². The summed E-state index contributed by atoms with van der Waals surface area (Å²) in [4.78, 5) is 7.89. The molecule has 1 rings (SSSR count). The average Bonchev–Trinajstić information content (AvgIpc) is 2.31. The Kier molecular flexibility index (Phi) is 5.48. The van der Waals surface area contributed by atoms with Crippen LogP contribution in [-0.2, 0) is 10.8 Å². The van der Waals surface area contributed by atoms with Crippen molar-refractivity contribution in [2.75, 3.05) is 30.5 Å². The van der Waals surface area contributed by atoms with E-state index in [4.69, 9.17) is 16.3 Å². The summed E-state index contributed by atoms with van der Waals surface area (Å²) < 4.78 is 16.1. The molecule has 0 spiro atoms. The fourth-order valence-corrected chi connectivity index (χ4v) is 1.78. The molecule has 0 fully saturated rings. The number of hydrogen-bond acceptors (Lipinski definition) is 5. The van der Waals surface area contributed by atoms with Crippen molar-refractivity contribution in [3.05, 3.63) is 11.2 Å². The maximum Gasteiger partial charge on any atom is 0.318 e. The Morgan fingerprint density at radius 2 is 2.38 bits per heavy atom. The summed E-state index contributed by atoms with van der Waals surface area (Å²) >= 11 is 5.88. The molecule has 16 heavy (non-hydrogen) atoms. The molecule has 7 heteroatoms. The number of ether oxygens (including phenoxy) is 1. The molecule has 1 aromatic heterocycles. The molecule has 0 amide bonds. The second kappa shape index (κ2) is 6.65. The Bertz CT molecular complexity index is 376. The zero-order valence-corrected chi connectivity index (χ0v) is 10.8. The van der Waals surface area contributed by atoms with Gasteiger partial charge in [0.15, 0.2) is 5.82 Å². The molecule has 1 heterocycles. The first-order chi connectivity index (χ1) is 7.67. The monoisotopic (exact) mass is 263 g/mol. The quantitative estimate of drug-likeness (QED) is 0.839. The first kappa shape index (κ1) is 13.2. The summed E-state index contributed by atoms with van der Waals surface area (Å²) in [6.07, 6.45) is 1.46. The number of nitrogens with zero attached hydrogens (tertiary/aromatic N) is 2. The lowest BCUT2D eigenvalue weighted by molar-refractivity contribution is 0.380. The van der Waals surface area contributed by atoms with Gasteiger partial charge in [0.25, 0.3) is 0 Å². The molecule has 1 atom stereocenters. The Morgan fingerprint density at radius 1 is 1.62 bits per heavy atom. The van der Waals surface area contributed by atoms with E-state index in [1.165, 1.54) is 13.3 Å². The molecule has 0 saturated heterocycles. The molecule has 0 aromatic carbocycles. The second-order valence-corrected chi connectivity index (χ2v) is 5.19. The number of nitrogens with one attached hydrogen (secondary N) is 1. The third-order valence-corrected chi connectivity index (χ3v) is 3.43. The van der Waals surface area contributed by atoms with Crippen molar-refractivity contribution in [1.82, 2.24) is 9.97 Å². The minimum absolute atomic E-state index is 0.253. The molecule has 0 aliphatic heterocycles. The van der Waals surface area contributed by atoms with Gasteiger partial charge < -0.3 is 10.1 Å². The van der Waals surface area contributed by atoms with E-state index in [1.54, 1.807) is 0 Å². The Hall–Kier alpha value is -0.880. The van der Waals surface area contributed by atoms with Gasteiger partial charge in [-0.05, 0) is 0 Å². The first-order valence-corrected chi connectivity index (χ1v) is 6.69. The van der Waals surface area contributed by atoms with Crippen LogP contribution in [0.25, 0.3) is 0 Å². The third kappa shape index (κ3) is 3.94. The van der Waals surface area contributed by atoms with Crippen LogP contribution in [0, 0.1) is 0 Å². The van der Waals surface area contributed by atoms with E-state index < -0.39 is 10.8 Å². The molecular weight excluding hydrogens is 250 g/mol. The van der Waals surface area contributed by atoms with Crippen LogP contribution in [-0.4, -0.2) is 39.3 Å². The molecule has 0 saturated carbocycles. The van der Waals surface area contributed by atoms with E-state index in [2.05, 4.69) is 15.3 Å². The highest BCUT2D eigenvalue weighted by Gasteiger charge is 2.05. The molecule has 0 aliphatic carbocycles. The van der Waals surface area contributed by atoms with Crippen LogP contribution < -0.4 is 10.1 Å². The van der Waals surface area contributed by atoms with Gasteiger partial charge in [0.1, 0.15) is 5.02 Å². The Labute approximate surface area is 102 Å². The van der Waals surface area contributed by atoms with Gasteiger partial charge in [0, 0.05) is 28.9 Å². The number of methoxy groups -OCH3 is 1. The fraction of sp³-hybridized carbons (Fsp3) is 0.556. The van der Waals surface area contributed by atoms with Gasteiger partial charge in [-0.2, -0.15) is 4.98 Å². The Balaban J connectivity index is 2.55. The summed E-state index contributed by atoms with van der Waals surface area (Å²) in [5, 5.41) is 3.42. The SMILES string of the molecule is CCS(=O)CCNc1nc(OC)ncc1Cl. The van der Waals surface area contributed by atoms with E-state index in [9.17, 15) is 4.21 Å².